The SMILES string of the molecule is CCN(CC)C(CC(C)C)C(N)=O. The van der Waals surface area contributed by atoms with Crippen LogP contribution >= 0.6 is 0 Å². The maximum atomic E-state index is 11.2. The van der Waals surface area contributed by atoms with Crippen molar-refractivity contribution in [2.75, 3.05) is 13.1 Å². The number of hydrogen-bond donors (Lipinski definition) is 1. The molecule has 0 saturated carbocycles. The van der Waals surface area contributed by atoms with Gasteiger partial charge in [0.15, 0.2) is 0 Å². The molecule has 0 bridgehead atoms. The largest absolute Gasteiger partial charge is 0.368 e. The van der Waals surface area contributed by atoms with Crippen molar-refractivity contribution in [3.05, 3.63) is 0 Å². The highest BCUT2D eigenvalue weighted by Gasteiger charge is 2.21. The van der Waals surface area contributed by atoms with Crippen molar-refractivity contribution in [1.29, 1.82) is 0 Å². The van der Waals surface area contributed by atoms with Gasteiger partial charge in [-0.15, -0.1) is 0 Å². The second-order valence-corrected chi connectivity index (χ2v) is 3.77. The van der Waals surface area contributed by atoms with Crippen molar-refractivity contribution < 1.29 is 4.79 Å². The van der Waals surface area contributed by atoms with Crippen LogP contribution in [0.1, 0.15) is 34.1 Å². The molecule has 0 aromatic rings. The third-order valence-electron chi connectivity index (χ3n) is 2.28. The number of rotatable bonds is 6. The summed E-state index contributed by atoms with van der Waals surface area (Å²) in [6.45, 7) is 10.1. The van der Waals surface area contributed by atoms with Gasteiger partial charge in [-0.2, -0.15) is 0 Å². The van der Waals surface area contributed by atoms with Gasteiger partial charge in [-0.05, 0) is 25.4 Å². The highest BCUT2D eigenvalue weighted by Crippen LogP contribution is 2.10. The molecule has 0 fully saturated rings. The quantitative estimate of drug-likeness (QED) is 0.678. The zero-order chi connectivity index (χ0) is 10.4. The van der Waals surface area contributed by atoms with Crippen LogP contribution in [0.5, 0.6) is 0 Å². The maximum Gasteiger partial charge on any atom is 0.234 e. The lowest BCUT2D eigenvalue weighted by molar-refractivity contribution is -0.123. The van der Waals surface area contributed by atoms with E-state index in [2.05, 4.69) is 32.6 Å². The van der Waals surface area contributed by atoms with Gasteiger partial charge in [0, 0.05) is 0 Å². The molecular weight excluding hydrogens is 164 g/mol. The molecule has 13 heavy (non-hydrogen) atoms. The molecule has 1 amide bonds. The van der Waals surface area contributed by atoms with Crippen molar-refractivity contribution in [2.45, 2.75) is 40.2 Å². The van der Waals surface area contributed by atoms with E-state index in [0.717, 1.165) is 19.5 Å². The topological polar surface area (TPSA) is 46.3 Å². The van der Waals surface area contributed by atoms with Gasteiger partial charge in [0.1, 0.15) is 0 Å². The molecule has 1 atom stereocenters. The Hall–Kier alpha value is -0.570. The minimum atomic E-state index is -0.197. The monoisotopic (exact) mass is 186 g/mol. The Morgan fingerprint density at radius 1 is 1.31 bits per heavy atom. The van der Waals surface area contributed by atoms with Crippen LogP contribution in [0, 0.1) is 5.92 Å². The van der Waals surface area contributed by atoms with E-state index in [4.69, 9.17) is 5.73 Å². The van der Waals surface area contributed by atoms with Gasteiger partial charge in [-0.3, -0.25) is 9.69 Å². The van der Waals surface area contributed by atoms with Crippen LogP contribution in [-0.4, -0.2) is 29.9 Å². The number of hydrogen-bond acceptors (Lipinski definition) is 2. The summed E-state index contributed by atoms with van der Waals surface area (Å²) in [4.78, 5) is 13.3. The van der Waals surface area contributed by atoms with E-state index < -0.39 is 0 Å². The average molecular weight is 186 g/mol. The van der Waals surface area contributed by atoms with Gasteiger partial charge in [0.05, 0.1) is 6.04 Å². The van der Waals surface area contributed by atoms with Gasteiger partial charge >= 0.3 is 0 Å². The van der Waals surface area contributed by atoms with E-state index >= 15 is 0 Å². The molecular formula is C10H22N2O. The number of likely N-dealkylation sites (N-methyl/N-ethyl adjacent to an activating group) is 1. The molecule has 3 nitrogen and oxygen atoms in total. The van der Waals surface area contributed by atoms with Crippen molar-refractivity contribution in [3.63, 3.8) is 0 Å². The van der Waals surface area contributed by atoms with Crippen LogP contribution in [0.3, 0.4) is 0 Å². The first-order valence-electron chi connectivity index (χ1n) is 5.06. The van der Waals surface area contributed by atoms with Gasteiger partial charge in [0.25, 0.3) is 0 Å². The number of amides is 1. The lowest BCUT2D eigenvalue weighted by Crippen LogP contribution is -2.45. The maximum absolute atomic E-state index is 11.2. The Morgan fingerprint density at radius 3 is 2.00 bits per heavy atom. The molecule has 1 unspecified atom stereocenters. The van der Waals surface area contributed by atoms with Crippen LogP contribution in [0.15, 0.2) is 0 Å². The number of nitrogens with zero attached hydrogens (tertiary/aromatic N) is 1. The lowest BCUT2D eigenvalue weighted by Gasteiger charge is -2.28. The molecule has 0 aliphatic carbocycles. The number of carbonyl (C=O) groups is 1. The molecule has 0 spiro atoms. The molecule has 0 radical (unpaired) electrons. The first kappa shape index (κ1) is 12.4. The van der Waals surface area contributed by atoms with E-state index in [1.807, 2.05) is 0 Å². The van der Waals surface area contributed by atoms with Crippen LogP contribution in [0.2, 0.25) is 0 Å². The summed E-state index contributed by atoms with van der Waals surface area (Å²) in [5.41, 5.74) is 5.36. The minimum absolute atomic E-state index is 0.0880. The fourth-order valence-electron chi connectivity index (χ4n) is 1.56. The lowest BCUT2D eigenvalue weighted by atomic mass is 10.0. The van der Waals surface area contributed by atoms with Gasteiger partial charge < -0.3 is 5.73 Å². The Labute approximate surface area is 81.3 Å². The standard InChI is InChI=1S/C10H22N2O/c1-5-12(6-2)9(10(11)13)7-8(3)4/h8-9H,5-7H2,1-4H3,(H2,11,13). The van der Waals surface area contributed by atoms with Crippen molar-refractivity contribution >= 4 is 5.91 Å². The van der Waals surface area contributed by atoms with E-state index in [1.165, 1.54) is 0 Å². The molecule has 3 heteroatoms. The first-order chi connectivity index (χ1) is 6.02. The fourth-order valence-corrected chi connectivity index (χ4v) is 1.56. The van der Waals surface area contributed by atoms with Gasteiger partial charge in [-0.1, -0.05) is 27.7 Å². The van der Waals surface area contributed by atoms with Crippen LogP contribution in [0.4, 0.5) is 0 Å². The Morgan fingerprint density at radius 2 is 1.77 bits per heavy atom. The third kappa shape index (κ3) is 4.27. The van der Waals surface area contributed by atoms with Crippen LogP contribution < -0.4 is 5.73 Å². The Balaban J connectivity index is 4.30. The average Bonchev–Trinajstić information content (AvgIpc) is 2.04. The highest BCUT2D eigenvalue weighted by atomic mass is 16.1. The second kappa shape index (κ2) is 5.97. The third-order valence-corrected chi connectivity index (χ3v) is 2.28. The summed E-state index contributed by atoms with van der Waals surface area (Å²) in [5.74, 6) is 0.315. The van der Waals surface area contributed by atoms with E-state index in [9.17, 15) is 4.79 Å². The summed E-state index contributed by atoms with van der Waals surface area (Å²) in [6, 6.07) is -0.0880. The van der Waals surface area contributed by atoms with Crippen molar-refractivity contribution in [1.82, 2.24) is 4.90 Å². The van der Waals surface area contributed by atoms with E-state index in [-0.39, 0.29) is 11.9 Å². The molecule has 0 heterocycles. The molecule has 0 aliphatic heterocycles. The predicted molar refractivity (Wildman–Crippen MR) is 55.4 cm³/mol. The summed E-state index contributed by atoms with van der Waals surface area (Å²) in [5, 5.41) is 0. The number of carbonyl (C=O) groups excluding carboxylic acids is 1. The normalized spacial score (nSPS) is 13.7. The summed E-state index contributed by atoms with van der Waals surface area (Å²) >= 11 is 0. The summed E-state index contributed by atoms with van der Waals surface area (Å²) in [7, 11) is 0. The van der Waals surface area contributed by atoms with E-state index in [0.29, 0.717) is 5.92 Å². The van der Waals surface area contributed by atoms with Crippen molar-refractivity contribution in [3.8, 4) is 0 Å². The van der Waals surface area contributed by atoms with E-state index in [1.54, 1.807) is 0 Å². The van der Waals surface area contributed by atoms with Crippen molar-refractivity contribution in [2.24, 2.45) is 11.7 Å². The fraction of sp³-hybridized carbons (Fsp3) is 0.900. The van der Waals surface area contributed by atoms with Crippen LogP contribution in [-0.2, 0) is 4.79 Å². The van der Waals surface area contributed by atoms with Gasteiger partial charge in [-0.25, -0.2) is 0 Å². The predicted octanol–water partition coefficient (Wildman–Crippen LogP) is 1.23. The molecule has 0 rings (SSSR count). The molecule has 0 saturated heterocycles. The minimum Gasteiger partial charge on any atom is -0.368 e. The zero-order valence-electron chi connectivity index (χ0n) is 9.21. The first-order valence-corrected chi connectivity index (χ1v) is 5.06. The molecule has 0 aromatic heterocycles. The van der Waals surface area contributed by atoms with Gasteiger partial charge in [0.2, 0.25) is 5.91 Å². The molecule has 0 aromatic carbocycles. The molecule has 0 aliphatic rings. The zero-order valence-corrected chi connectivity index (χ0v) is 9.21. The smallest absolute Gasteiger partial charge is 0.234 e. The summed E-state index contributed by atoms with van der Waals surface area (Å²) < 4.78 is 0. The molecule has 78 valence electrons. The number of nitrogens with two attached hydrogens (primary N) is 1. The Kier molecular flexibility index (Phi) is 5.71. The Bertz CT molecular complexity index is 153. The number of primary amides is 1. The second-order valence-electron chi connectivity index (χ2n) is 3.77. The molecule has 2 N–H and O–H groups in total. The summed E-state index contributed by atoms with van der Waals surface area (Å²) in [6.07, 6.45) is 0.858. The van der Waals surface area contributed by atoms with Crippen LogP contribution in [0.25, 0.3) is 0 Å². The highest BCUT2D eigenvalue weighted by molar-refractivity contribution is 5.79.